The van der Waals surface area contributed by atoms with E-state index in [2.05, 4.69) is 10.2 Å². The first-order valence-corrected chi connectivity index (χ1v) is 9.26. The van der Waals surface area contributed by atoms with E-state index in [9.17, 15) is 9.90 Å². The first kappa shape index (κ1) is 18.7. The van der Waals surface area contributed by atoms with Gasteiger partial charge < -0.3 is 15.2 Å². The van der Waals surface area contributed by atoms with Gasteiger partial charge in [0.2, 0.25) is 5.91 Å². The van der Waals surface area contributed by atoms with Crippen LogP contribution in [-0.2, 0) is 9.53 Å². The van der Waals surface area contributed by atoms with Crippen molar-refractivity contribution in [2.75, 3.05) is 46.5 Å². The summed E-state index contributed by atoms with van der Waals surface area (Å²) in [5.41, 5.74) is -0.0993. The molecular weight excluding hydrogens is 292 g/mol. The summed E-state index contributed by atoms with van der Waals surface area (Å²) in [5.74, 6) is 0.809. The van der Waals surface area contributed by atoms with Gasteiger partial charge in [-0.15, -0.1) is 0 Å². The average molecular weight is 326 g/mol. The Balaban J connectivity index is 1.73. The third-order valence-electron chi connectivity index (χ3n) is 5.59. The number of methoxy groups -OCH3 is 1. The number of carbonyl (C=O) groups is 1. The van der Waals surface area contributed by atoms with E-state index in [4.69, 9.17) is 4.74 Å². The Kier molecular flexibility index (Phi) is 7.80. The lowest BCUT2D eigenvalue weighted by Gasteiger charge is -2.41. The van der Waals surface area contributed by atoms with E-state index in [1.807, 2.05) is 0 Å². The lowest BCUT2D eigenvalue weighted by molar-refractivity contribution is -0.123. The van der Waals surface area contributed by atoms with Crippen LogP contribution in [-0.4, -0.2) is 62.4 Å². The highest BCUT2D eigenvalue weighted by Gasteiger charge is 2.35. The van der Waals surface area contributed by atoms with Crippen molar-refractivity contribution in [2.24, 2.45) is 11.3 Å². The minimum Gasteiger partial charge on any atom is -0.396 e. The fraction of sp³-hybridized carbons (Fsp3) is 0.944. The Labute approximate surface area is 140 Å². The minimum atomic E-state index is -0.0993. The molecule has 0 unspecified atom stereocenters. The molecule has 1 amide bonds. The molecule has 1 aliphatic heterocycles. The summed E-state index contributed by atoms with van der Waals surface area (Å²) in [7, 11) is 1.70. The topological polar surface area (TPSA) is 61.8 Å². The highest BCUT2D eigenvalue weighted by molar-refractivity contribution is 5.78. The summed E-state index contributed by atoms with van der Waals surface area (Å²) in [4.78, 5) is 14.4. The van der Waals surface area contributed by atoms with Gasteiger partial charge in [0.25, 0.3) is 0 Å². The molecule has 23 heavy (non-hydrogen) atoms. The van der Waals surface area contributed by atoms with Crippen LogP contribution in [0.15, 0.2) is 0 Å². The largest absolute Gasteiger partial charge is 0.396 e. The van der Waals surface area contributed by atoms with Gasteiger partial charge in [-0.2, -0.15) is 0 Å². The van der Waals surface area contributed by atoms with Gasteiger partial charge in [-0.05, 0) is 44.6 Å². The van der Waals surface area contributed by atoms with Crippen LogP contribution in [0, 0.1) is 11.3 Å². The Bertz CT molecular complexity index is 358. The summed E-state index contributed by atoms with van der Waals surface area (Å²) in [6.07, 6.45) is 9.41. The molecule has 0 aromatic carbocycles. The minimum absolute atomic E-state index is 0.0993. The smallest absolute Gasteiger partial charge is 0.234 e. The Hall–Kier alpha value is -0.650. The fourth-order valence-corrected chi connectivity index (χ4v) is 4.08. The maximum atomic E-state index is 12.2. The molecule has 134 valence electrons. The standard InChI is InChI=1S/C18H34N2O3/c1-23-11-9-18(15-21)8-5-10-20(14-18)13-17(22)19-12-16-6-3-2-4-7-16/h16,21H,2-15H2,1H3,(H,19,22)/t18-/m0/s1. The number of amides is 1. The maximum absolute atomic E-state index is 12.2. The molecule has 5 heteroatoms. The van der Waals surface area contributed by atoms with Crippen molar-refractivity contribution in [3.8, 4) is 0 Å². The number of aliphatic hydroxyl groups is 1. The summed E-state index contributed by atoms with van der Waals surface area (Å²) in [6.45, 7) is 3.89. The normalized spacial score (nSPS) is 27.0. The zero-order chi connectivity index (χ0) is 16.5. The van der Waals surface area contributed by atoms with Gasteiger partial charge in [-0.3, -0.25) is 9.69 Å². The van der Waals surface area contributed by atoms with E-state index in [0.29, 0.717) is 19.1 Å². The van der Waals surface area contributed by atoms with Crippen LogP contribution in [0.4, 0.5) is 0 Å². The quantitative estimate of drug-likeness (QED) is 0.714. The molecule has 0 spiro atoms. The summed E-state index contributed by atoms with van der Waals surface area (Å²) in [6, 6.07) is 0. The maximum Gasteiger partial charge on any atom is 0.234 e. The molecule has 1 heterocycles. The molecule has 2 rings (SSSR count). The number of nitrogens with one attached hydrogen (secondary N) is 1. The zero-order valence-electron chi connectivity index (χ0n) is 14.7. The molecule has 0 bridgehead atoms. The van der Waals surface area contributed by atoms with Gasteiger partial charge in [-0.25, -0.2) is 0 Å². The zero-order valence-corrected chi connectivity index (χ0v) is 14.7. The molecule has 1 atom stereocenters. The van der Waals surface area contributed by atoms with Gasteiger partial charge in [0.1, 0.15) is 0 Å². The summed E-state index contributed by atoms with van der Waals surface area (Å²) >= 11 is 0. The van der Waals surface area contributed by atoms with Crippen LogP contribution in [0.25, 0.3) is 0 Å². The molecule has 2 fully saturated rings. The number of nitrogens with zero attached hydrogens (tertiary/aromatic N) is 1. The highest BCUT2D eigenvalue weighted by atomic mass is 16.5. The molecule has 0 aromatic heterocycles. The number of hydrogen-bond acceptors (Lipinski definition) is 4. The van der Waals surface area contributed by atoms with E-state index in [0.717, 1.165) is 38.9 Å². The number of ether oxygens (including phenoxy) is 1. The molecule has 1 aliphatic carbocycles. The Morgan fingerprint density at radius 3 is 2.78 bits per heavy atom. The number of aliphatic hydroxyl groups excluding tert-OH is 1. The second kappa shape index (κ2) is 9.60. The first-order valence-electron chi connectivity index (χ1n) is 9.26. The summed E-state index contributed by atoms with van der Waals surface area (Å²) in [5, 5.41) is 12.9. The second-order valence-electron chi connectivity index (χ2n) is 7.52. The lowest BCUT2D eigenvalue weighted by Crippen LogP contribution is -2.49. The molecule has 5 nitrogen and oxygen atoms in total. The molecule has 1 saturated carbocycles. The third-order valence-corrected chi connectivity index (χ3v) is 5.59. The van der Waals surface area contributed by atoms with Crippen molar-refractivity contribution in [1.82, 2.24) is 10.2 Å². The fourth-order valence-electron chi connectivity index (χ4n) is 4.08. The molecule has 0 radical (unpaired) electrons. The van der Waals surface area contributed by atoms with Gasteiger partial charge in [0, 0.05) is 32.2 Å². The first-order chi connectivity index (χ1) is 11.2. The van der Waals surface area contributed by atoms with Crippen molar-refractivity contribution in [3.05, 3.63) is 0 Å². The Morgan fingerprint density at radius 2 is 2.09 bits per heavy atom. The number of hydrogen-bond donors (Lipinski definition) is 2. The van der Waals surface area contributed by atoms with Crippen molar-refractivity contribution in [1.29, 1.82) is 0 Å². The molecule has 0 aromatic rings. The summed E-state index contributed by atoms with van der Waals surface area (Å²) < 4.78 is 5.18. The van der Waals surface area contributed by atoms with E-state index in [1.165, 1.54) is 32.1 Å². The number of likely N-dealkylation sites (tertiary alicyclic amines) is 1. The predicted octanol–water partition coefficient (Wildman–Crippen LogP) is 1.79. The number of rotatable bonds is 8. The van der Waals surface area contributed by atoms with Crippen molar-refractivity contribution in [3.63, 3.8) is 0 Å². The second-order valence-corrected chi connectivity index (χ2v) is 7.52. The Morgan fingerprint density at radius 1 is 1.30 bits per heavy atom. The number of piperidine rings is 1. The average Bonchev–Trinajstić information content (AvgIpc) is 2.59. The predicted molar refractivity (Wildman–Crippen MR) is 91.3 cm³/mol. The molecule has 2 aliphatic rings. The van der Waals surface area contributed by atoms with Crippen LogP contribution >= 0.6 is 0 Å². The molecular formula is C18H34N2O3. The van der Waals surface area contributed by atoms with E-state index in [-0.39, 0.29) is 17.9 Å². The van der Waals surface area contributed by atoms with Gasteiger partial charge in [0.05, 0.1) is 13.2 Å². The van der Waals surface area contributed by atoms with E-state index in [1.54, 1.807) is 7.11 Å². The lowest BCUT2D eigenvalue weighted by atomic mass is 9.78. The van der Waals surface area contributed by atoms with Crippen LogP contribution in [0.2, 0.25) is 0 Å². The SMILES string of the molecule is COCC[C@@]1(CO)CCCN(CC(=O)NCC2CCCCC2)C1. The van der Waals surface area contributed by atoms with Crippen LogP contribution in [0.5, 0.6) is 0 Å². The van der Waals surface area contributed by atoms with Crippen LogP contribution in [0.1, 0.15) is 51.4 Å². The molecule has 2 N–H and O–H groups in total. The van der Waals surface area contributed by atoms with Gasteiger partial charge in [-0.1, -0.05) is 19.3 Å². The van der Waals surface area contributed by atoms with Crippen molar-refractivity contribution >= 4 is 5.91 Å². The monoisotopic (exact) mass is 326 g/mol. The van der Waals surface area contributed by atoms with Crippen molar-refractivity contribution in [2.45, 2.75) is 51.4 Å². The van der Waals surface area contributed by atoms with Crippen LogP contribution < -0.4 is 5.32 Å². The van der Waals surface area contributed by atoms with E-state index < -0.39 is 0 Å². The highest BCUT2D eigenvalue weighted by Crippen LogP contribution is 2.33. The van der Waals surface area contributed by atoms with Gasteiger partial charge >= 0.3 is 0 Å². The van der Waals surface area contributed by atoms with Crippen molar-refractivity contribution < 1.29 is 14.6 Å². The third kappa shape index (κ3) is 6.05. The molecule has 1 saturated heterocycles. The van der Waals surface area contributed by atoms with E-state index >= 15 is 0 Å². The number of carbonyl (C=O) groups excluding carboxylic acids is 1. The van der Waals surface area contributed by atoms with Crippen LogP contribution in [0.3, 0.4) is 0 Å². The van der Waals surface area contributed by atoms with Gasteiger partial charge in [0.15, 0.2) is 0 Å².